The summed E-state index contributed by atoms with van der Waals surface area (Å²) < 4.78 is 0. The highest BCUT2D eigenvalue weighted by molar-refractivity contribution is 5.92. The number of aliphatic hydroxyl groups is 2. The van der Waals surface area contributed by atoms with E-state index in [4.69, 9.17) is 0 Å². The van der Waals surface area contributed by atoms with Crippen molar-refractivity contribution in [2.24, 2.45) is 11.8 Å². The predicted octanol–water partition coefficient (Wildman–Crippen LogP) is 17.7. The van der Waals surface area contributed by atoms with Crippen molar-refractivity contribution in [1.29, 1.82) is 0 Å². The van der Waals surface area contributed by atoms with E-state index in [0.717, 1.165) is 51.4 Å². The summed E-state index contributed by atoms with van der Waals surface area (Å²) in [6, 6.07) is 53.5. The van der Waals surface area contributed by atoms with Gasteiger partial charge in [-0.2, -0.15) is 0 Å². The van der Waals surface area contributed by atoms with Crippen LogP contribution in [0.25, 0.3) is 33.4 Å². The van der Waals surface area contributed by atoms with Crippen LogP contribution in [-0.4, -0.2) is 23.4 Å². The Hall–Kier alpha value is -4.96. The van der Waals surface area contributed by atoms with Crippen molar-refractivity contribution in [3.05, 3.63) is 162 Å². The van der Waals surface area contributed by atoms with E-state index in [2.05, 4.69) is 172 Å². The van der Waals surface area contributed by atoms with Crippen LogP contribution in [0.5, 0.6) is 0 Å². The van der Waals surface area contributed by atoms with Gasteiger partial charge in [0.25, 0.3) is 0 Å². The van der Waals surface area contributed by atoms with Crippen LogP contribution in [0, 0.1) is 11.8 Å². The number of rotatable bonds is 26. The molecule has 0 amide bonds. The van der Waals surface area contributed by atoms with E-state index in [1.54, 1.807) is 5.56 Å². The van der Waals surface area contributed by atoms with Crippen LogP contribution < -0.4 is 4.90 Å². The summed E-state index contributed by atoms with van der Waals surface area (Å²) in [4.78, 5) is 2.63. The van der Waals surface area contributed by atoms with Crippen LogP contribution in [0.1, 0.15) is 166 Å². The summed E-state index contributed by atoms with van der Waals surface area (Å²) in [6.45, 7) is 10.0. The molecule has 8 rings (SSSR count). The molecule has 0 saturated carbocycles. The molecule has 2 aliphatic carbocycles. The van der Waals surface area contributed by atoms with Crippen molar-refractivity contribution < 1.29 is 10.2 Å². The first-order valence-electron chi connectivity index (χ1n) is 26.6. The molecular formula is C64H79NO2. The molecule has 0 heterocycles. The summed E-state index contributed by atoms with van der Waals surface area (Å²) in [5.41, 5.74) is 17.3. The molecule has 0 aromatic heterocycles. The van der Waals surface area contributed by atoms with Gasteiger partial charge in [-0.15, -0.1) is 0 Å². The van der Waals surface area contributed by atoms with Gasteiger partial charge in [-0.05, 0) is 136 Å². The van der Waals surface area contributed by atoms with Crippen molar-refractivity contribution in [3.8, 4) is 33.4 Å². The van der Waals surface area contributed by atoms with Crippen LogP contribution in [0.2, 0.25) is 0 Å². The van der Waals surface area contributed by atoms with Gasteiger partial charge >= 0.3 is 0 Å². The van der Waals surface area contributed by atoms with Gasteiger partial charge in [-0.25, -0.2) is 0 Å². The number of hydrogen-bond donors (Lipinski definition) is 2. The Labute approximate surface area is 404 Å². The summed E-state index contributed by atoms with van der Waals surface area (Å²) in [6.07, 6.45) is 20.2. The maximum atomic E-state index is 9.93. The van der Waals surface area contributed by atoms with Crippen LogP contribution >= 0.6 is 0 Å². The monoisotopic (exact) mass is 894 g/mol. The molecule has 0 fully saturated rings. The zero-order valence-corrected chi connectivity index (χ0v) is 41.4. The lowest BCUT2D eigenvalue weighted by molar-refractivity contribution is 0.266. The Morgan fingerprint density at radius 1 is 0.433 bits per heavy atom. The van der Waals surface area contributed by atoms with E-state index in [1.165, 1.54) is 131 Å². The molecule has 3 nitrogen and oxygen atoms in total. The molecular weight excluding hydrogens is 815 g/mol. The van der Waals surface area contributed by atoms with Crippen molar-refractivity contribution >= 4 is 17.1 Å². The van der Waals surface area contributed by atoms with E-state index in [9.17, 15) is 10.2 Å². The molecule has 0 spiro atoms. The Kier molecular flexibility index (Phi) is 16.6. The minimum atomic E-state index is -0.215. The number of nitrogens with zero attached hydrogens (tertiary/aromatic N) is 1. The fraction of sp³-hybridized carbons (Fsp3) is 0.438. The third kappa shape index (κ3) is 9.98. The van der Waals surface area contributed by atoms with Gasteiger partial charge in [0, 0.05) is 35.4 Å². The van der Waals surface area contributed by atoms with E-state index >= 15 is 0 Å². The highest BCUT2D eigenvalue weighted by Gasteiger charge is 2.47. The number of unbranched alkanes of at least 4 members (excludes halogenated alkanes) is 6. The smallest absolute Gasteiger partial charge is 0.0508 e. The number of benzene rings is 6. The SMILES string of the molecule is CCCCC(CC)CC1(CC(CC)CCCC)c2ccccc2-c2ccc(N(c3ccc(-c4ccccc4)cc3)c3cccc4c3C(CCCCCO)(CCCCCO)c3ccccc3-4)cc21. The Morgan fingerprint density at radius 3 is 1.52 bits per heavy atom. The third-order valence-corrected chi connectivity index (χ3v) is 16.1. The molecule has 2 unspecified atom stereocenters. The topological polar surface area (TPSA) is 43.7 Å². The summed E-state index contributed by atoms with van der Waals surface area (Å²) >= 11 is 0. The average Bonchev–Trinajstić information content (AvgIpc) is 3.81. The number of aliphatic hydroxyl groups excluding tert-OH is 2. The second kappa shape index (κ2) is 22.9. The number of hydrogen-bond acceptors (Lipinski definition) is 3. The Morgan fingerprint density at radius 2 is 0.940 bits per heavy atom. The summed E-state index contributed by atoms with van der Waals surface area (Å²) in [5.74, 6) is 1.31. The van der Waals surface area contributed by atoms with Crippen molar-refractivity contribution in [1.82, 2.24) is 0 Å². The second-order valence-corrected chi connectivity index (χ2v) is 20.2. The highest BCUT2D eigenvalue weighted by atomic mass is 16.3. The maximum absolute atomic E-state index is 9.93. The van der Waals surface area contributed by atoms with Crippen LogP contribution in [0.4, 0.5) is 17.1 Å². The second-order valence-electron chi connectivity index (χ2n) is 20.2. The first-order chi connectivity index (χ1) is 33.0. The fourth-order valence-corrected chi connectivity index (χ4v) is 12.6. The van der Waals surface area contributed by atoms with E-state index in [1.807, 2.05) is 0 Å². The molecule has 6 aromatic rings. The highest BCUT2D eigenvalue weighted by Crippen LogP contribution is 2.61. The Balaban J connectivity index is 1.37. The van der Waals surface area contributed by atoms with Crippen LogP contribution in [0.3, 0.4) is 0 Å². The van der Waals surface area contributed by atoms with Gasteiger partial charge in [0.15, 0.2) is 0 Å². The molecule has 0 saturated heterocycles. The van der Waals surface area contributed by atoms with E-state index < -0.39 is 0 Å². The largest absolute Gasteiger partial charge is 0.396 e. The van der Waals surface area contributed by atoms with Gasteiger partial charge in [0.05, 0.1) is 5.69 Å². The van der Waals surface area contributed by atoms with Gasteiger partial charge in [0.2, 0.25) is 0 Å². The Bertz CT molecular complexity index is 2460. The summed E-state index contributed by atoms with van der Waals surface area (Å²) in [5, 5.41) is 19.9. The van der Waals surface area contributed by atoms with Crippen molar-refractivity contribution in [2.75, 3.05) is 18.1 Å². The molecule has 352 valence electrons. The standard InChI is InChI=1S/C64H79NO2/c1-5-9-25-48(7-3)46-64(47-49(8-4)26-10-6-2)59-33-19-16-29-54(59)56-40-39-53(45-60(56)64)65(52-37-35-51(36-38-52)50-27-14-11-15-28-50)61-34-24-31-57-55-30-17-18-32-58(55)63(62(57)61,41-20-12-22-43-66)42-21-13-23-44-67/h11,14-19,24,27-40,45,48-49,66-67H,5-10,12-13,20-23,25-26,41-44,46-47H2,1-4H3. The van der Waals surface area contributed by atoms with Gasteiger partial charge in [0.1, 0.15) is 0 Å². The quantitative estimate of drug-likeness (QED) is 0.0533. The van der Waals surface area contributed by atoms with Gasteiger partial charge in [-0.3, -0.25) is 0 Å². The van der Waals surface area contributed by atoms with Crippen LogP contribution in [0.15, 0.2) is 140 Å². The van der Waals surface area contributed by atoms with Gasteiger partial charge in [-0.1, -0.05) is 214 Å². The minimum Gasteiger partial charge on any atom is -0.396 e. The zero-order valence-electron chi connectivity index (χ0n) is 41.4. The van der Waals surface area contributed by atoms with Crippen LogP contribution in [-0.2, 0) is 10.8 Å². The fourth-order valence-electron chi connectivity index (χ4n) is 12.6. The van der Waals surface area contributed by atoms with E-state index in [0.29, 0.717) is 11.8 Å². The van der Waals surface area contributed by atoms with Crippen molar-refractivity contribution in [3.63, 3.8) is 0 Å². The first-order valence-corrected chi connectivity index (χ1v) is 26.6. The third-order valence-electron chi connectivity index (χ3n) is 16.1. The number of fused-ring (bicyclic) bond motifs is 6. The lowest BCUT2D eigenvalue weighted by atomic mass is 9.65. The molecule has 67 heavy (non-hydrogen) atoms. The molecule has 6 aromatic carbocycles. The zero-order chi connectivity index (χ0) is 46.6. The lowest BCUT2D eigenvalue weighted by Gasteiger charge is -2.40. The molecule has 2 aliphatic rings. The minimum absolute atomic E-state index is 0.0777. The predicted molar refractivity (Wildman–Crippen MR) is 286 cm³/mol. The van der Waals surface area contributed by atoms with Crippen molar-refractivity contribution in [2.45, 2.75) is 154 Å². The van der Waals surface area contributed by atoms with Gasteiger partial charge < -0.3 is 15.1 Å². The molecule has 3 heteroatoms. The maximum Gasteiger partial charge on any atom is 0.0508 e. The molecule has 2 N–H and O–H groups in total. The first kappa shape index (κ1) is 48.5. The molecule has 0 radical (unpaired) electrons. The molecule has 0 aliphatic heterocycles. The lowest BCUT2D eigenvalue weighted by Crippen LogP contribution is -2.32. The number of anilines is 3. The van der Waals surface area contributed by atoms with E-state index in [-0.39, 0.29) is 24.0 Å². The summed E-state index contributed by atoms with van der Waals surface area (Å²) in [7, 11) is 0. The normalized spacial score (nSPS) is 16.3. The molecule has 2 atom stereocenters. The molecule has 0 bridgehead atoms. The average molecular weight is 894 g/mol.